The number of benzene rings is 1. The van der Waals surface area contributed by atoms with Gasteiger partial charge in [-0.2, -0.15) is 0 Å². The Morgan fingerprint density at radius 3 is 2.18 bits per heavy atom. The molecule has 5 nitrogen and oxygen atoms in total. The second-order valence-electron chi connectivity index (χ2n) is 5.58. The van der Waals surface area contributed by atoms with Crippen molar-refractivity contribution in [3.63, 3.8) is 0 Å². The highest BCUT2D eigenvalue weighted by molar-refractivity contribution is 7.91. The van der Waals surface area contributed by atoms with Gasteiger partial charge in [-0.3, -0.25) is 9.80 Å². The van der Waals surface area contributed by atoms with Crippen LogP contribution < -0.4 is 4.74 Å². The van der Waals surface area contributed by atoms with Crippen molar-refractivity contribution in [2.24, 2.45) is 0 Å². The highest BCUT2D eigenvalue weighted by atomic mass is 32.2. The minimum atomic E-state index is -2.85. The lowest BCUT2D eigenvalue weighted by Crippen LogP contribution is -2.48. The Hall–Kier alpha value is -1.11. The number of ether oxygens (including phenoxy) is 1. The molecule has 1 aromatic carbocycles. The maximum atomic E-state index is 11.5. The molecule has 0 amide bonds. The van der Waals surface area contributed by atoms with Crippen molar-refractivity contribution in [2.75, 3.05) is 57.4 Å². The monoisotopic (exact) mass is 326 g/mol. The van der Waals surface area contributed by atoms with Gasteiger partial charge in [-0.1, -0.05) is 25.1 Å². The molecule has 0 spiro atoms. The van der Waals surface area contributed by atoms with Gasteiger partial charge in [0, 0.05) is 45.0 Å². The summed E-state index contributed by atoms with van der Waals surface area (Å²) in [5, 5.41) is 0. The van der Waals surface area contributed by atoms with Crippen LogP contribution in [0.15, 0.2) is 30.3 Å². The third-order valence-electron chi connectivity index (χ3n) is 4.04. The molecule has 0 aromatic heterocycles. The molecule has 0 saturated carbocycles. The predicted octanol–water partition coefficient (Wildman–Crippen LogP) is 1.12. The number of sulfone groups is 1. The maximum Gasteiger partial charge on any atom is 0.151 e. The molecule has 124 valence electrons. The third kappa shape index (κ3) is 5.94. The lowest BCUT2D eigenvalue weighted by atomic mass is 10.3. The van der Waals surface area contributed by atoms with E-state index in [4.69, 9.17) is 4.74 Å². The molecule has 6 heteroatoms. The van der Waals surface area contributed by atoms with Crippen LogP contribution in [0.4, 0.5) is 0 Å². The van der Waals surface area contributed by atoms with Gasteiger partial charge in [-0.15, -0.1) is 0 Å². The van der Waals surface area contributed by atoms with Gasteiger partial charge in [0.05, 0.1) is 5.75 Å². The predicted molar refractivity (Wildman–Crippen MR) is 89.1 cm³/mol. The normalized spacial score (nSPS) is 17.5. The maximum absolute atomic E-state index is 11.5. The molecule has 1 saturated heterocycles. The molecule has 0 aliphatic carbocycles. The Morgan fingerprint density at radius 2 is 1.59 bits per heavy atom. The number of rotatable bonds is 8. The molecular formula is C16H26N2O3S. The SMILES string of the molecule is CCS(=O)(=O)CCN1CCN(CCOc2ccccc2)CC1. The molecular weight excluding hydrogens is 300 g/mol. The van der Waals surface area contributed by atoms with Gasteiger partial charge in [0.2, 0.25) is 0 Å². The van der Waals surface area contributed by atoms with Crippen molar-refractivity contribution >= 4 is 9.84 Å². The van der Waals surface area contributed by atoms with Gasteiger partial charge in [0.1, 0.15) is 12.4 Å². The fraction of sp³-hybridized carbons (Fsp3) is 0.625. The van der Waals surface area contributed by atoms with E-state index in [9.17, 15) is 8.42 Å². The molecule has 0 radical (unpaired) electrons. The molecule has 1 aliphatic rings. The molecule has 0 N–H and O–H groups in total. The molecule has 2 rings (SSSR count). The van der Waals surface area contributed by atoms with E-state index in [0.29, 0.717) is 13.2 Å². The zero-order chi connectivity index (χ0) is 15.8. The molecule has 1 aromatic rings. The quantitative estimate of drug-likeness (QED) is 0.716. The Morgan fingerprint density at radius 1 is 1.00 bits per heavy atom. The summed E-state index contributed by atoms with van der Waals surface area (Å²) in [7, 11) is -2.85. The van der Waals surface area contributed by atoms with Crippen LogP contribution in [0.5, 0.6) is 5.75 Å². The lowest BCUT2D eigenvalue weighted by Gasteiger charge is -2.34. The fourth-order valence-corrected chi connectivity index (χ4v) is 3.28. The second-order valence-corrected chi connectivity index (χ2v) is 8.05. The van der Waals surface area contributed by atoms with Gasteiger partial charge in [-0.05, 0) is 12.1 Å². The highest BCUT2D eigenvalue weighted by Gasteiger charge is 2.18. The van der Waals surface area contributed by atoms with Gasteiger partial charge in [0.25, 0.3) is 0 Å². The van der Waals surface area contributed by atoms with Gasteiger partial charge < -0.3 is 4.74 Å². The van der Waals surface area contributed by atoms with Gasteiger partial charge in [0.15, 0.2) is 9.84 Å². The van der Waals surface area contributed by atoms with E-state index in [0.717, 1.165) is 38.5 Å². The minimum Gasteiger partial charge on any atom is -0.492 e. The molecule has 0 atom stereocenters. The molecule has 0 bridgehead atoms. The minimum absolute atomic E-state index is 0.240. The van der Waals surface area contributed by atoms with E-state index in [2.05, 4.69) is 9.80 Å². The first kappa shape index (κ1) is 17.2. The molecule has 0 unspecified atom stereocenters. The zero-order valence-corrected chi connectivity index (χ0v) is 14.1. The average molecular weight is 326 g/mol. The second kappa shape index (κ2) is 8.50. The Labute approximate surface area is 133 Å². The number of nitrogens with zero attached hydrogens (tertiary/aromatic N) is 2. The summed E-state index contributed by atoms with van der Waals surface area (Å²) >= 11 is 0. The van der Waals surface area contributed by atoms with E-state index in [1.807, 2.05) is 30.3 Å². The van der Waals surface area contributed by atoms with Crippen molar-refractivity contribution in [1.82, 2.24) is 9.80 Å². The van der Waals surface area contributed by atoms with Crippen molar-refractivity contribution in [1.29, 1.82) is 0 Å². The van der Waals surface area contributed by atoms with Gasteiger partial charge in [-0.25, -0.2) is 8.42 Å². The molecule has 1 heterocycles. The fourth-order valence-electron chi connectivity index (χ4n) is 2.46. The number of hydrogen-bond donors (Lipinski definition) is 0. The molecule has 22 heavy (non-hydrogen) atoms. The summed E-state index contributed by atoms with van der Waals surface area (Å²) in [5.74, 6) is 1.43. The van der Waals surface area contributed by atoms with Crippen LogP contribution in [0.2, 0.25) is 0 Å². The van der Waals surface area contributed by atoms with Crippen molar-refractivity contribution in [3.05, 3.63) is 30.3 Å². The van der Waals surface area contributed by atoms with Crippen molar-refractivity contribution < 1.29 is 13.2 Å². The van der Waals surface area contributed by atoms with Crippen LogP contribution in [0.25, 0.3) is 0 Å². The van der Waals surface area contributed by atoms with Crippen LogP contribution in [-0.2, 0) is 9.84 Å². The summed E-state index contributed by atoms with van der Waals surface area (Å²) in [6.07, 6.45) is 0. The van der Waals surface area contributed by atoms with Crippen LogP contribution in [0, 0.1) is 0 Å². The molecule has 1 aliphatic heterocycles. The lowest BCUT2D eigenvalue weighted by molar-refractivity contribution is 0.121. The molecule has 1 fully saturated rings. The standard InChI is InChI=1S/C16H26N2O3S/c1-2-22(19,20)15-13-18-10-8-17(9-11-18)12-14-21-16-6-4-3-5-7-16/h3-7H,2,8-15H2,1H3. The summed E-state index contributed by atoms with van der Waals surface area (Å²) in [5.41, 5.74) is 0. The van der Waals surface area contributed by atoms with Crippen LogP contribution in [-0.4, -0.2) is 75.6 Å². The van der Waals surface area contributed by atoms with E-state index in [-0.39, 0.29) is 11.5 Å². The van der Waals surface area contributed by atoms with Crippen LogP contribution >= 0.6 is 0 Å². The largest absolute Gasteiger partial charge is 0.492 e. The van der Waals surface area contributed by atoms with E-state index >= 15 is 0 Å². The van der Waals surface area contributed by atoms with E-state index in [1.165, 1.54) is 0 Å². The summed E-state index contributed by atoms with van der Waals surface area (Å²) in [6, 6.07) is 9.85. The average Bonchev–Trinajstić information content (AvgIpc) is 2.55. The highest BCUT2D eigenvalue weighted by Crippen LogP contribution is 2.08. The van der Waals surface area contributed by atoms with Crippen LogP contribution in [0.1, 0.15) is 6.92 Å². The topological polar surface area (TPSA) is 49.9 Å². The first-order valence-electron chi connectivity index (χ1n) is 7.92. The van der Waals surface area contributed by atoms with Crippen molar-refractivity contribution in [2.45, 2.75) is 6.92 Å². The summed E-state index contributed by atoms with van der Waals surface area (Å²) in [4.78, 5) is 4.61. The number of hydrogen-bond acceptors (Lipinski definition) is 5. The smallest absolute Gasteiger partial charge is 0.151 e. The Bertz CT molecular complexity index is 526. The first-order chi connectivity index (χ1) is 10.6. The number of piperazine rings is 1. The van der Waals surface area contributed by atoms with Crippen LogP contribution in [0.3, 0.4) is 0 Å². The Balaban J connectivity index is 1.61. The van der Waals surface area contributed by atoms with E-state index in [1.54, 1.807) is 6.92 Å². The van der Waals surface area contributed by atoms with Gasteiger partial charge >= 0.3 is 0 Å². The number of para-hydroxylation sites is 1. The van der Waals surface area contributed by atoms with E-state index < -0.39 is 9.84 Å². The summed E-state index contributed by atoms with van der Waals surface area (Å²) in [6.45, 7) is 7.79. The van der Waals surface area contributed by atoms with Crippen molar-refractivity contribution in [3.8, 4) is 5.75 Å². The third-order valence-corrected chi connectivity index (χ3v) is 5.73. The zero-order valence-electron chi connectivity index (χ0n) is 13.3. The Kier molecular flexibility index (Phi) is 6.67. The first-order valence-corrected chi connectivity index (χ1v) is 9.74. The summed E-state index contributed by atoms with van der Waals surface area (Å²) < 4.78 is 28.8.